The summed E-state index contributed by atoms with van der Waals surface area (Å²) in [4.78, 5) is 18.2. The van der Waals surface area contributed by atoms with Crippen molar-refractivity contribution in [1.29, 1.82) is 5.26 Å². The van der Waals surface area contributed by atoms with Gasteiger partial charge in [0.25, 0.3) is 5.91 Å². The van der Waals surface area contributed by atoms with Crippen LogP contribution in [0.25, 0.3) is 16.7 Å². The summed E-state index contributed by atoms with van der Waals surface area (Å²) < 4.78 is 6.77. The van der Waals surface area contributed by atoms with Crippen LogP contribution in [0, 0.1) is 11.3 Å². The SMILES string of the molecule is N#Cc1nn(-c2ccc3onc(N)c3c2)c2c1CCN(c1ccc(C3(CN4CCCC4)CC3)cc1)C2=O. The summed E-state index contributed by atoms with van der Waals surface area (Å²) in [7, 11) is 0. The number of nitriles is 1. The monoisotopic (exact) mass is 493 g/mol. The summed E-state index contributed by atoms with van der Waals surface area (Å²) in [6.45, 7) is 4.05. The fourth-order valence-corrected chi connectivity index (χ4v) is 6.01. The van der Waals surface area contributed by atoms with Gasteiger partial charge in [0.15, 0.2) is 17.1 Å². The number of amides is 1. The van der Waals surface area contributed by atoms with Crippen LogP contribution in [0.2, 0.25) is 0 Å². The van der Waals surface area contributed by atoms with Gasteiger partial charge in [-0.2, -0.15) is 10.4 Å². The molecule has 2 aromatic heterocycles. The van der Waals surface area contributed by atoms with E-state index in [4.69, 9.17) is 10.3 Å². The molecule has 1 amide bonds. The Morgan fingerprint density at radius 2 is 1.81 bits per heavy atom. The second kappa shape index (κ2) is 8.18. The van der Waals surface area contributed by atoms with Gasteiger partial charge < -0.3 is 20.1 Å². The van der Waals surface area contributed by atoms with E-state index in [1.807, 2.05) is 0 Å². The van der Waals surface area contributed by atoms with Crippen LogP contribution in [0.3, 0.4) is 0 Å². The van der Waals surface area contributed by atoms with Crippen molar-refractivity contribution in [2.75, 3.05) is 36.8 Å². The minimum atomic E-state index is -0.167. The first-order chi connectivity index (χ1) is 18.1. The van der Waals surface area contributed by atoms with Crippen LogP contribution in [0.5, 0.6) is 0 Å². The maximum absolute atomic E-state index is 13.8. The molecule has 3 aliphatic rings. The number of nitrogens with zero attached hydrogens (tertiary/aromatic N) is 6. The number of rotatable bonds is 5. The van der Waals surface area contributed by atoms with Crippen molar-refractivity contribution in [2.24, 2.45) is 0 Å². The number of fused-ring (bicyclic) bond motifs is 2. The lowest BCUT2D eigenvalue weighted by molar-refractivity contribution is 0.0973. The number of likely N-dealkylation sites (tertiary alicyclic amines) is 1. The van der Waals surface area contributed by atoms with Gasteiger partial charge in [-0.3, -0.25) is 4.79 Å². The molecule has 0 bridgehead atoms. The smallest absolute Gasteiger partial charge is 0.277 e. The average Bonchev–Trinajstić information content (AvgIpc) is 3.22. The summed E-state index contributed by atoms with van der Waals surface area (Å²) in [5.74, 6) is 0.101. The number of carbonyl (C=O) groups is 1. The van der Waals surface area contributed by atoms with E-state index < -0.39 is 0 Å². The fraction of sp³-hybridized carbons (Fsp3) is 0.357. The van der Waals surface area contributed by atoms with Gasteiger partial charge in [0, 0.05) is 29.8 Å². The quantitative estimate of drug-likeness (QED) is 0.449. The Kier molecular flexibility index (Phi) is 4.88. The minimum absolute atomic E-state index is 0.167. The molecule has 9 heteroatoms. The van der Waals surface area contributed by atoms with E-state index in [1.54, 1.807) is 27.8 Å². The van der Waals surface area contributed by atoms with Gasteiger partial charge in [0.05, 0.1) is 11.1 Å². The zero-order valence-electron chi connectivity index (χ0n) is 20.5. The van der Waals surface area contributed by atoms with Crippen LogP contribution < -0.4 is 10.6 Å². The molecule has 2 N–H and O–H groups in total. The number of hydrogen-bond donors (Lipinski definition) is 1. The first-order valence-corrected chi connectivity index (χ1v) is 12.9. The second-order valence-corrected chi connectivity index (χ2v) is 10.5. The highest BCUT2D eigenvalue weighted by atomic mass is 16.5. The van der Waals surface area contributed by atoms with Crippen molar-refractivity contribution in [2.45, 2.75) is 37.5 Å². The van der Waals surface area contributed by atoms with Crippen molar-refractivity contribution < 1.29 is 9.32 Å². The number of hydrogen-bond acceptors (Lipinski definition) is 7. The molecule has 37 heavy (non-hydrogen) atoms. The van der Waals surface area contributed by atoms with E-state index >= 15 is 0 Å². The minimum Gasteiger partial charge on any atom is -0.380 e. The van der Waals surface area contributed by atoms with E-state index in [2.05, 4.69) is 45.5 Å². The van der Waals surface area contributed by atoms with Gasteiger partial charge in [-0.15, -0.1) is 0 Å². The molecule has 2 aromatic carbocycles. The Bertz CT molecular complexity index is 1570. The lowest BCUT2D eigenvalue weighted by Gasteiger charge is -2.28. The van der Waals surface area contributed by atoms with Gasteiger partial charge in [0.1, 0.15) is 11.8 Å². The number of carbonyl (C=O) groups excluding carboxylic acids is 1. The Morgan fingerprint density at radius 1 is 1.05 bits per heavy atom. The third-order valence-corrected chi connectivity index (χ3v) is 8.22. The van der Waals surface area contributed by atoms with Crippen LogP contribution in [-0.2, 0) is 11.8 Å². The van der Waals surface area contributed by atoms with Crippen molar-refractivity contribution in [3.63, 3.8) is 0 Å². The normalized spacial score (nSPS) is 18.8. The Hall–Kier alpha value is -4.16. The summed E-state index contributed by atoms with van der Waals surface area (Å²) >= 11 is 0. The molecule has 4 heterocycles. The largest absolute Gasteiger partial charge is 0.380 e. The summed E-state index contributed by atoms with van der Waals surface area (Å²) in [5.41, 5.74) is 11.0. The molecule has 1 aliphatic carbocycles. The predicted molar refractivity (Wildman–Crippen MR) is 139 cm³/mol. The van der Waals surface area contributed by atoms with Gasteiger partial charge in [-0.25, -0.2) is 4.68 Å². The molecule has 2 aliphatic heterocycles. The van der Waals surface area contributed by atoms with E-state index in [9.17, 15) is 10.1 Å². The van der Waals surface area contributed by atoms with E-state index in [0.29, 0.717) is 40.9 Å². The van der Waals surface area contributed by atoms with Gasteiger partial charge >= 0.3 is 0 Å². The fourth-order valence-electron chi connectivity index (χ4n) is 6.01. The molecule has 186 valence electrons. The van der Waals surface area contributed by atoms with Crippen LogP contribution in [-0.4, -0.2) is 51.9 Å². The number of benzene rings is 2. The maximum atomic E-state index is 13.8. The summed E-state index contributed by atoms with van der Waals surface area (Å²) in [6.07, 6.45) is 5.62. The average molecular weight is 494 g/mol. The molecule has 0 unspecified atom stereocenters. The number of anilines is 2. The van der Waals surface area contributed by atoms with Gasteiger partial charge in [0.2, 0.25) is 0 Å². The third-order valence-electron chi connectivity index (χ3n) is 8.22. The van der Waals surface area contributed by atoms with E-state index in [0.717, 1.165) is 12.2 Å². The van der Waals surface area contributed by atoms with Gasteiger partial charge in [-0.05, 0) is 81.1 Å². The molecular weight excluding hydrogens is 466 g/mol. The standard InChI is InChI=1S/C28H27N7O2/c29-16-23-21-9-14-34(19-5-3-18(4-6-19)28(10-11-28)17-33-12-1-2-13-33)27(36)25(21)35(31-23)20-7-8-24-22(15-20)26(30)32-37-24/h3-8,15H,1-2,9-14,17H2,(H2,30,32). The highest BCUT2D eigenvalue weighted by Gasteiger charge is 2.45. The van der Waals surface area contributed by atoms with Crippen molar-refractivity contribution in [3.8, 4) is 11.8 Å². The number of nitrogens with two attached hydrogens (primary N) is 1. The summed E-state index contributed by atoms with van der Waals surface area (Å²) in [6, 6.07) is 16.0. The first kappa shape index (κ1) is 22.1. The molecule has 1 saturated carbocycles. The third kappa shape index (κ3) is 3.51. The number of nitrogen functional groups attached to an aromatic ring is 1. The molecule has 7 rings (SSSR count). The maximum Gasteiger partial charge on any atom is 0.277 e. The number of aromatic nitrogens is 3. The molecule has 2 fully saturated rings. The molecule has 0 spiro atoms. The zero-order valence-corrected chi connectivity index (χ0v) is 20.5. The lowest BCUT2D eigenvalue weighted by atomic mass is 9.94. The lowest BCUT2D eigenvalue weighted by Crippen LogP contribution is -2.39. The second-order valence-electron chi connectivity index (χ2n) is 10.5. The summed E-state index contributed by atoms with van der Waals surface area (Å²) in [5, 5.41) is 18.7. The van der Waals surface area contributed by atoms with E-state index in [1.165, 1.54) is 44.3 Å². The molecule has 1 saturated heterocycles. The molecule has 0 radical (unpaired) electrons. The first-order valence-electron chi connectivity index (χ1n) is 12.9. The Labute approximate surface area is 214 Å². The van der Waals surface area contributed by atoms with Crippen molar-refractivity contribution in [3.05, 3.63) is 65.0 Å². The Balaban J connectivity index is 1.21. The highest BCUT2D eigenvalue weighted by molar-refractivity contribution is 6.08. The molecular formula is C28H27N7O2. The molecule has 9 nitrogen and oxygen atoms in total. The van der Waals surface area contributed by atoms with E-state index in [-0.39, 0.29) is 22.8 Å². The highest BCUT2D eigenvalue weighted by Crippen LogP contribution is 2.49. The van der Waals surface area contributed by atoms with Crippen LogP contribution in [0.4, 0.5) is 11.5 Å². The Morgan fingerprint density at radius 3 is 2.54 bits per heavy atom. The topological polar surface area (TPSA) is 117 Å². The molecule has 4 aromatic rings. The van der Waals surface area contributed by atoms with Gasteiger partial charge in [-0.1, -0.05) is 17.3 Å². The van der Waals surface area contributed by atoms with Crippen molar-refractivity contribution in [1.82, 2.24) is 19.8 Å². The van der Waals surface area contributed by atoms with Crippen LogP contribution in [0.15, 0.2) is 47.0 Å². The van der Waals surface area contributed by atoms with Crippen LogP contribution >= 0.6 is 0 Å². The van der Waals surface area contributed by atoms with Crippen molar-refractivity contribution >= 4 is 28.4 Å². The zero-order chi connectivity index (χ0) is 25.1. The predicted octanol–water partition coefficient (Wildman–Crippen LogP) is 3.80. The molecule has 0 atom stereocenters. The van der Waals surface area contributed by atoms with Crippen LogP contribution in [0.1, 0.15) is 53.0 Å².